The molecule has 0 spiro atoms. The van der Waals surface area contributed by atoms with Gasteiger partial charge >= 0.3 is 18.0 Å². The lowest BCUT2D eigenvalue weighted by atomic mass is 10.1. The summed E-state index contributed by atoms with van der Waals surface area (Å²) in [6.45, 7) is 3.40. The molecule has 0 saturated heterocycles. The second-order valence-corrected chi connectivity index (χ2v) is 16.3. The minimum absolute atomic E-state index is 0.0367. The number of phenols is 1. The maximum Gasteiger partial charge on any atom is 0.344 e. The van der Waals surface area contributed by atoms with Crippen LogP contribution >= 0.6 is 11.8 Å². The molecule has 380 valence electrons. The van der Waals surface area contributed by atoms with Crippen molar-refractivity contribution in [2.75, 3.05) is 80.7 Å². The molecule has 7 amide bonds. The Morgan fingerprint density at radius 1 is 0.616 bits per heavy atom. The Kier molecular flexibility index (Phi) is 19.9. The second-order valence-electron chi connectivity index (χ2n) is 15.3. The summed E-state index contributed by atoms with van der Waals surface area (Å²) in [5.41, 5.74) is 13.3. The number of nitrogens with one attached hydrogen (secondary N) is 5. The number of phenolic OH excluding ortho intramolecular Hbond substituents is 1. The highest BCUT2D eigenvalue weighted by molar-refractivity contribution is 8.18. The number of rotatable bonds is 24. The number of ether oxygens (including phenoxy) is 5. The third-order valence-electron chi connectivity index (χ3n) is 9.96. The van der Waals surface area contributed by atoms with Gasteiger partial charge in [-0.25, -0.2) is 19.4 Å². The number of amides is 7. The van der Waals surface area contributed by atoms with Gasteiger partial charge in [0.1, 0.15) is 23.0 Å². The molecule has 0 unspecified atom stereocenters. The number of primary amides is 2. The minimum Gasteiger partial charge on any atom is -0.506 e. The van der Waals surface area contributed by atoms with Gasteiger partial charge in [-0.15, -0.1) is 0 Å². The number of anilines is 4. The molecule has 6 rings (SSSR count). The zero-order valence-electron chi connectivity index (χ0n) is 39.3. The molecule has 0 saturated carbocycles. The number of hydrogen-bond acceptors (Lipinski definition) is 15. The first-order chi connectivity index (χ1) is 35.3. The summed E-state index contributed by atoms with van der Waals surface area (Å²) >= 11 is 1.11. The lowest BCUT2D eigenvalue weighted by molar-refractivity contribution is -0.138. The number of aromatic hydroxyl groups is 1. The van der Waals surface area contributed by atoms with Crippen LogP contribution in [0.15, 0.2) is 136 Å². The fraction of sp³-hybridized carbons (Fsp3) is 0.196. The molecule has 5 aromatic rings. The average Bonchev–Trinajstić information content (AvgIpc) is 3.66. The predicted octanol–water partition coefficient (Wildman–Crippen LogP) is 6.93. The van der Waals surface area contributed by atoms with E-state index in [-0.39, 0.29) is 115 Å². The summed E-state index contributed by atoms with van der Waals surface area (Å²) in [6.07, 6.45) is 1.62. The number of carbonyl (C=O) groups is 6. The van der Waals surface area contributed by atoms with Gasteiger partial charge in [0.2, 0.25) is 11.8 Å². The summed E-state index contributed by atoms with van der Waals surface area (Å²) in [5.74, 6) is -2.66. The third-order valence-corrected chi connectivity index (χ3v) is 11.0. The number of aliphatic hydroxyl groups excluding tert-OH is 1. The Hall–Kier alpha value is -8.70. The van der Waals surface area contributed by atoms with Crippen molar-refractivity contribution in [3.05, 3.63) is 154 Å². The van der Waals surface area contributed by atoms with Gasteiger partial charge in [-0.2, -0.15) is 0 Å². The van der Waals surface area contributed by atoms with Crippen molar-refractivity contribution < 1.29 is 62.7 Å². The number of hydrogen-bond donors (Lipinski definition) is 9. The number of para-hydroxylation sites is 1. The normalized spacial score (nSPS) is 13.1. The molecule has 0 atom stereocenters. The summed E-state index contributed by atoms with van der Waals surface area (Å²) in [6, 6.07) is 28.4. The van der Waals surface area contributed by atoms with Gasteiger partial charge in [0.05, 0.1) is 56.8 Å². The number of benzene rings is 5. The molecule has 0 bridgehead atoms. The molecule has 0 aliphatic carbocycles. The van der Waals surface area contributed by atoms with E-state index in [0.29, 0.717) is 27.5 Å². The molecule has 0 radical (unpaired) electrons. The van der Waals surface area contributed by atoms with Crippen molar-refractivity contribution in [1.82, 2.24) is 5.32 Å². The van der Waals surface area contributed by atoms with Crippen molar-refractivity contribution in [2.45, 2.75) is 6.92 Å². The van der Waals surface area contributed by atoms with E-state index >= 15 is 0 Å². The number of aliphatic hydroxyl groups is 1. The van der Waals surface area contributed by atoms with Gasteiger partial charge < -0.3 is 71.9 Å². The standard InChI is InChI=1S/C51H52N8O13S/c1-2-71-49(65)43-44(61)42(73-48(43)55-35-6-4-3-5-7-35)27-31-8-17-41(40(60)26-31)72-25-24-70-23-22-69-21-20-68-19-18-54-47(64)34-28-38(58-50(66)56-36-13-9-32(10-14-36)45(52)62)30-39(29-34)59-51(67)57-37-15-11-33(12-16-37)46(53)63/h3-17,26-30,60-61H,2,18-25H2,1H3,(H2,52,62)(H2,53,63)(H,54,64)(H2,56,58,66)(H2,57,59,67)/b42-27-,55-48?. The van der Waals surface area contributed by atoms with Gasteiger partial charge in [0.15, 0.2) is 11.5 Å². The van der Waals surface area contributed by atoms with E-state index < -0.39 is 35.8 Å². The van der Waals surface area contributed by atoms with Crippen molar-refractivity contribution in [1.29, 1.82) is 0 Å². The van der Waals surface area contributed by atoms with E-state index in [1.165, 1.54) is 72.8 Å². The highest BCUT2D eigenvalue weighted by Gasteiger charge is 2.33. The number of aliphatic imine (C=N–C) groups is 1. The zero-order chi connectivity index (χ0) is 52.1. The van der Waals surface area contributed by atoms with Crippen LogP contribution in [0.5, 0.6) is 11.5 Å². The Morgan fingerprint density at radius 3 is 1.68 bits per heavy atom. The number of carbonyl (C=O) groups excluding carboxylic acids is 6. The van der Waals surface area contributed by atoms with Crippen molar-refractivity contribution >= 4 is 87.1 Å². The van der Waals surface area contributed by atoms with Crippen LogP contribution in [0.25, 0.3) is 6.08 Å². The summed E-state index contributed by atoms with van der Waals surface area (Å²) in [7, 11) is 0. The minimum atomic E-state index is -0.695. The van der Waals surface area contributed by atoms with E-state index in [9.17, 15) is 39.0 Å². The predicted molar refractivity (Wildman–Crippen MR) is 275 cm³/mol. The van der Waals surface area contributed by atoms with Crippen molar-refractivity contribution in [3.63, 3.8) is 0 Å². The van der Waals surface area contributed by atoms with Gasteiger partial charge in [-0.05, 0) is 110 Å². The smallest absolute Gasteiger partial charge is 0.344 e. The SMILES string of the molecule is CCOC(=O)C1=C(O)/C(=C/c2ccc(OCCOCCOCCOCCNC(=O)c3cc(NC(=O)Nc4ccc(C(N)=O)cc4)cc(NC(=O)Nc4ccc(C(N)=O)cc4)c3)c(O)c2)SC1=Nc1ccccc1. The lowest BCUT2D eigenvalue weighted by Gasteiger charge is -2.14. The van der Waals surface area contributed by atoms with Crippen LogP contribution in [-0.2, 0) is 23.7 Å². The molecule has 5 aromatic carbocycles. The summed E-state index contributed by atoms with van der Waals surface area (Å²) in [4.78, 5) is 79.5. The third kappa shape index (κ3) is 16.7. The quantitative estimate of drug-likeness (QED) is 0.0224. The highest BCUT2D eigenvalue weighted by atomic mass is 32.2. The molecule has 21 nitrogen and oxygen atoms in total. The first kappa shape index (κ1) is 53.6. The highest BCUT2D eigenvalue weighted by Crippen LogP contribution is 2.41. The van der Waals surface area contributed by atoms with Crippen LogP contribution in [0.1, 0.15) is 43.6 Å². The Morgan fingerprint density at radius 2 is 1.15 bits per heavy atom. The van der Waals surface area contributed by atoms with Crippen LogP contribution in [0.3, 0.4) is 0 Å². The first-order valence-corrected chi connectivity index (χ1v) is 23.3. The van der Waals surface area contributed by atoms with Crippen LogP contribution < -0.4 is 42.8 Å². The van der Waals surface area contributed by atoms with Crippen LogP contribution in [0.2, 0.25) is 0 Å². The molecular formula is C51H52N8O13S. The molecule has 1 aliphatic heterocycles. The zero-order valence-corrected chi connectivity index (χ0v) is 40.1. The topological polar surface area (TPSA) is 314 Å². The number of nitrogens with two attached hydrogens (primary N) is 2. The monoisotopic (exact) mass is 1020 g/mol. The maximum atomic E-state index is 13.2. The summed E-state index contributed by atoms with van der Waals surface area (Å²) in [5, 5.41) is 35.1. The fourth-order valence-corrected chi connectivity index (χ4v) is 7.56. The van der Waals surface area contributed by atoms with Gasteiger partial charge in [0.25, 0.3) is 5.91 Å². The second kappa shape index (κ2) is 27.1. The van der Waals surface area contributed by atoms with Crippen LogP contribution in [0.4, 0.5) is 38.0 Å². The van der Waals surface area contributed by atoms with Crippen LogP contribution in [0, 0.1) is 0 Å². The molecule has 73 heavy (non-hydrogen) atoms. The molecule has 0 aromatic heterocycles. The molecule has 11 N–H and O–H groups in total. The number of nitrogens with zero attached hydrogens (tertiary/aromatic N) is 1. The van der Waals surface area contributed by atoms with E-state index in [2.05, 4.69) is 31.6 Å². The van der Waals surface area contributed by atoms with Gasteiger partial charge in [-0.3, -0.25) is 14.4 Å². The number of esters is 1. The van der Waals surface area contributed by atoms with Crippen molar-refractivity contribution in [3.8, 4) is 11.5 Å². The molecule has 1 aliphatic rings. The first-order valence-electron chi connectivity index (χ1n) is 22.5. The number of urea groups is 2. The molecule has 22 heteroatoms. The van der Waals surface area contributed by atoms with Gasteiger partial charge in [-0.1, -0.05) is 36.0 Å². The average molecular weight is 1020 g/mol. The van der Waals surface area contributed by atoms with Gasteiger partial charge in [0, 0.05) is 46.0 Å². The fourth-order valence-electron chi connectivity index (χ4n) is 6.53. The van der Waals surface area contributed by atoms with E-state index in [1.54, 1.807) is 37.3 Å². The molecule has 0 fully saturated rings. The van der Waals surface area contributed by atoms with E-state index in [1.807, 2.05) is 18.2 Å². The lowest BCUT2D eigenvalue weighted by Crippen LogP contribution is -2.28. The Bertz CT molecular complexity index is 2790. The Balaban J connectivity index is 0.892. The number of thioether (sulfide) groups is 1. The van der Waals surface area contributed by atoms with E-state index in [4.69, 9.17) is 35.2 Å². The molecule has 1 heterocycles. The molecular weight excluding hydrogens is 965 g/mol. The largest absolute Gasteiger partial charge is 0.506 e. The maximum absolute atomic E-state index is 13.2. The Labute approximate surface area is 423 Å². The van der Waals surface area contributed by atoms with Crippen LogP contribution in [-0.4, -0.2) is 110 Å². The summed E-state index contributed by atoms with van der Waals surface area (Å²) < 4.78 is 27.5. The van der Waals surface area contributed by atoms with Crippen molar-refractivity contribution in [2.24, 2.45) is 16.5 Å². The van der Waals surface area contributed by atoms with E-state index in [0.717, 1.165) is 11.8 Å².